The third kappa shape index (κ3) is 2.48. The quantitative estimate of drug-likeness (QED) is 0.647. The molecule has 0 bridgehead atoms. The van der Waals surface area contributed by atoms with Gasteiger partial charge in [-0.1, -0.05) is 23.9 Å². The average Bonchev–Trinajstić information content (AvgIpc) is 2.87. The fourth-order valence-electron chi connectivity index (χ4n) is 1.77. The van der Waals surface area contributed by atoms with Crippen molar-refractivity contribution in [3.63, 3.8) is 0 Å². The van der Waals surface area contributed by atoms with Crippen molar-refractivity contribution in [1.29, 1.82) is 0 Å². The maximum absolute atomic E-state index is 11.0. The van der Waals surface area contributed by atoms with E-state index < -0.39 is 0 Å². The van der Waals surface area contributed by atoms with E-state index in [9.17, 15) is 9.90 Å². The van der Waals surface area contributed by atoms with Crippen molar-refractivity contribution in [2.24, 2.45) is 10.2 Å². The second-order valence-electron chi connectivity index (χ2n) is 4.07. The first-order chi connectivity index (χ1) is 9.74. The second kappa shape index (κ2) is 5.30. The summed E-state index contributed by atoms with van der Waals surface area (Å²) in [4.78, 5) is 15.1. The number of rotatable bonds is 2. The summed E-state index contributed by atoms with van der Waals surface area (Å²) in [5.74, 6) is 0.344. The maximum Gasteiger partial charge on any atom is 0.236 e. The first-order valence-corrected chi connectivity index (χ1v) is 6.83. The van der Waals surface area contributed by atoms with Gasteiger partial charge in [0.1, 0.15) is 5.52 Å². The normalized spacial score (nSPS) is 17.2. The summed E-state index contributed by atoms with van der Waals surface area (Å²) in [6, 6.07) is 7.27. The van der Waals surface area contributed by atoms with Crippen LogP contribution in [0.5, 0.6) is 5.75 Å². The summed E-state index contributed by atoms with van der Waals surface area (Å²) in [7, 11) is 0. The number of benzene rings is 1. The zero-order chi connectivity index (χ0) is 13.9. The number of phenols is 1. The first-order valence-electron chi connectivity index (χ1n) is 5.84. The van der Waals surface area contributed by atoms with Gasteiger partial charge < -0.3 is 10.4 Å². The Morgan fingerprint density at radius 2 is 2.30 bits per heavy atom. The molecule has 100 valence electrons. The number of carbonyl (C=O) groups is 1. The van der Waals surface area contributed by atoms with Crippen LogP contribution in [-0.4, -0.2) is 33.1 Å². The average molecular weight is 286 g/mol. The van der Waals surface area contributed by atoms with Crippen molar-refractivity contribution < 1.29 is 9.90 Å². The van der Waals surface area contributed by atoms with Gasteiger partial charge in [0.25, 0.3) is 0 Å². The number of hydrogen-bond donors (Lipinski definition) is 2. The molecule has 6 nitrogen and oxygen atoms in total. The van der Waals surface area contributed by atoms with E-state index in [1.54, 1.807) is 12.3 Å². The van der Waals surface area contributed by atoms with Crippen molar-refractivity contribution in [1.82, 2.24) is 10.3 Å². The van der Waals surface area contributed by atoms with Crippen molar-refractivity contribution in [3.05, 3.63) is 36.0 Å². The van der Waals surface area contributed by atoms with Gasteiger partial charge in [-0.05, 0) is 12.1 Å². The molecule has 1 aliphatic rings. The van der Waals surface area contributed by atoms with Crippen LogP contribution in [-0.2, 0) is 4.79 Å². The largest absolute Gasteiger partial charge is 0.505 e. The second-order valence-corrected chi connectivity index (χ2v) is 5.03. The number of amides is 1. The number of hydrogen-bond acceptors (Lipinski definition) is 6. The molecule has 0 unspecified atom stereocenters. The summed E-state index contributed by atoms with van der Waals surface area (Å²) >= 11 is 1.29. The molecule has 1 aliphatic heterocycles. The van der Waals surface area contributed by atoms with Crippen LogP contribution >= 0.6 is 11.8 Å². The van der Waals surface area contributed by atoms with Gasteiger partial charge in [-0.2, -0.15) is 5.10 Å². The molecule has 1 amide bonds. The van der Waals surface area contributed by atoms with Gasteiger partial charge in [0.15, 0.2) is 10.9 Å². The zero-order valence-electron chi connectivity index (χ0n) is 10.3. The van der Waals surface area contributed by atoms with Gasteiger partial charge in [-0.3, -0.25) is 9.78 Å². The Balaban J connectivity index is 1.87. The molecule has 0 saturated carbocycles. The highest BCUT2D eigenvalue weighted by Crippen LogP contribution is 2.25. The van der Waals surface area contributed by atoms with E-state index in [1.165, 1.54) is 18.0 Å². The van der Waals surface area contributed by atoms with E-state index in [4.69, 9.17) is 0 Å². The minimum Gasteiger partial charge on any atom is -0.505 e. The Hall–Kier alpha value is -2.41. The number of nitrogens with zero attached hydrogens (tertiary/aromatic N) is 3. The lowest BCUT2D eigenvalue weighted by Crippen LogP contribution is -2.19. The predicted molar refractivity (Wildman–Crippen MR) is 79.0 cm³/mol. The molecule has 1 aromatic carbocycles. The highest BCUT2D eigenvalue weighted by atomic mass is 32.2. The molecule has 1 fully saturated rings. The molecule has 0 aliphatic carbocycles. The molecule has 7 heteroatoms. The van der Waals surface area contributed by atoms with Gasteiger partial charge in [-0.25, -0.2) is 0 Å². The minimum absolute atomic E-state index is 0.0650. The molecule has 0 radical (unpaired) electrons. The Morgan fingerprint density at radius 3 is 3.10 bits per heavy atom. The van der Waals surface area contributed by atoms with Crippen LogP contribution in [0.15, 0.2) is 40.7 Å². The van der Waals surface area contributed by atoms with Crippen LogP contribution in [0.2, 0.25) is 0 Å². The van der Waals surface area contributed by atoms with Crippen molar-refractivity contribution in [2.45, 2.75) is 0 Å². The number of nitrogens with one attached hydrogen (secondary N) is 1. The molecule has 20 heavy (non-hydrogen) atoms. The maximum atomic E-state index is 11.0. The summed E-state index contributed by atoms with van der Waals surface area (Å²) in [6.45, 7) is 0. The number of carbonyl (C=O) groups excluding carboxylic acids is 1. The third-order valence-corrected chi connectivity index (χ3v) is 3.57. The van der Waals surface area contributed by atoms with E-state index in [-0.39, 0.29) is 11.7 Å². The molecule has 2 aromatic rings. The highest BCUT2D eigenvalue weighted by molar-refractivity contribution is 8.15. The van der Waals surface area contributed by atoms with Crippen molar-refractivity contribution in [2.75, 3.05) is 5.75 Å². The van der Waals surface area contributed by atoms with Crippen molar-refractivity contribution in [3.8, 4) is 5.75 Å². The summed E-state index contributed by atoms with van der Waals surface area (Å²) in [5.41, 5.74) is 1.04. The molecule has 2 N–H and O–H groups in total. The lowest BCUT2D eigenvalue weighted by atomic mass is 10.1. The van der Waals surface area contributed by atoms with Crippen LogP contribution in [0.25, 0.3) is 10.9 Å². The first kappa shape index (κ1) is 12.6. The zero-order valence-corrected chi connectivity index (χ0v) is 11.1. The van der Waals surface area contributed by atoms with E-state index in [0.717, 1.165) is 5.39 Å². The molecule has 2 heterocycles. The SMILES string of the molecule is O=C1CSC(=NN=Cc2ccc3cccnc3c2O)N1. The smallest absolute Gasteiger partial charge is 0.236 e. The molecular weight excluding hydrogens is 276 g/mol. The number of thioether (sulfide) groups is 1. The van der Waals surface area contributed by atoms with Crippen LogP contribution in [0.1, 0.15) is 5.56 Å². The van der Waals surface area contributed by atoms with Gasteiger partial charge >= 0.3 is 0 Å². The van der Waals surface area contributed by atoms with Gasteiger partial charge in [0.05, 0.1) is 12.0 Å². The van der Waals surface area contributed by atoms with Gasteiger partial charge in [0, 0.05) is 17.1 Å². The lowest BCUT2D eigenvalue weighted by Gasteiger charge is -2.02. The fraction of sp³-hybridized carbons (Fsp3) is 0.0769. The topological polar surface area (TPSA) is 86.9 Å². The minimum atomic E-state index is -0.0818. The van der Waals surface area contributed by atoms with Crippen LogP contribution in [0, 0.1) is 0 Å². The third-order valence-electron chi connectivity index (χ3n) is 2.71. The van der Waals surface area contributed by atoms with Crippen molar-refractivity contribution >= 4 is 40.0 Å². The van der Waals surface area contributed by atoms with Crippen LogP contribution < -0.4 is 5.32 Å². The number of aromatic nitrogens is 1. The predicted octanol–water partition coefficient (Wildman–Crippen LogP) is 1.49. The number of fused-ring (bicyclic) bond motifs is 1. The monoisotopic (exact) mass is 286 g/mol. The molecule has 1 saturated heterocycles. The number of aromatic hydroxyl groups is 1. The molecule has 3 rings (SSSR count). The molecular formula is C13H10N4O2S. The van der Waals surface area contributed by atoms with Gasteiger partial charge in [0.2, 0.25) is 5.91 Å². The summed E-state index contributed by atoms with van der Waals surface area (Å²) in [5, 5.41) is 21.7. The lowest BCUT2D eigenvalue weighted by molar-refractivity contribution is -0.116. The van der Waals surface area contributed by atoms with Crippen LogP contribution in [0.4, 0.5) is 0 Å². The standard InChI is InChI=1S/C13H10N4O2S/c18-10-7-20-13(16-10)17-15-6-9-4-3-8-2-1-5-14-11(8)12(9)19/h1-6,19H,7H2,(H,16,17,18). The van der Waals surface area contributed by atoms with E-state index >= 15 is 0 Å². The Labute approximate surface area is 118 Å². The summed E-state index contributed by atoms with van der Waals surface area (Å²) in [6.07, 6.45) is 3.05. The Morgan fingerprint density at radius 1 is 1.40 bits per heavy atom. The van der Waals surface area contributed by atoms with E-state index in [0.29, 0.717) is 22.0 Å². The summed E-state index contributed by atoms with van der Waals surface area (Å²) < 4.78 is 0. The Kier molecular flexibility index (Phi) is 3.34. The molecule has 0 spiro atoms. The molecule has 0 atom stereocenters. The van der Waals surface area contributed by atoms with E-state index in [1.807, 2.05) is 18.2 Å². The number of amidine groups is 1. The fourth-order valence-corrected chi connectivity index (χ4v) is 2.40. The van der Waals surface area contributed by atoms with Crippen LogP contribution in [0.3, 0.4) is 0 Å². The van der Waals surface area contributed by atoms with E-state index in [2.05, 4.69) is 20.5 Å². The highest BCUT2D eigenvalue weighted by Gasteiger charge is 2.16. The number of pyridine rings is 1. The Bertz CT molecular complexity index is 742. The van der Waals surface area contributed by atoms with Gasteiger partial charge in [-0.15, -0.1) is 5.10 Å². The number of phenolic OH excluding ortho intramolecular Hbond substituents is 1. The molecule has 1 aromatic heterocycles.